The Morgan fingerprint density at radius 2 is 1.69 bits per heavy atom. The van der Waals surface area contributed by atoms with Crippen molar-refractivity contribution in [3.05, 3.63) is 35.9 Å². The number of rotatable bonds is 4. The van der Waals surface area contributed by atoms with Crippen LogP contribution in [0, 0.1) is 5.92 Å². The molecule has 0 bridgehead atoms. The van der Waals surface area contributed by atoms with E-state index in [4.69, 9.17) is 0 Å². The molecule has 16 heavy (non-hydrogen) atoms. The minimum absolute atomic E-state index is 0.642. The Morgan fingerprint density at radius 1 is 1.06 bits per heavy atom. The van der Waals surface area contributed by atoms with E-state index in [-0.39, 0.29) is 0 Å². The molecule has 1 aliphatic rings. The topological polar surface area (TPSA) is 3.24 Å². The van der Waals surface area contributed by atoms with E-state index in [2.05, 4.69) is 49.1 Å². The highest BCUT2D eigenvalue weighted by molar-refractivity contribution is 5.19. The first-order valence-electron chi connectivity index (χ1n) is 6.56. The zero-order valence-electron chi connectivity index (χ0n) is 10.5. The monoisotopic (exact) mass is 217 g/mol. The van der Waals surface area contributed by atoms with Gasteiger partial charge in [-0.25, -0.2) is 0 Å². The summed E-state index contributed by atoms with van der Waals surface area (Å²) in [6, 6.07) is 11.7. The molecule has 1 heteroatoms. The lowest BCUT2D eigenvalue weighted by atomic mass is 9.96. The molecule has 1 saturated heterocycles. The van der Waals surface area contributed by atoms with Gasteiger partial charge in [0.1, 0.15) is 0 Å². The number of benzene rings is 1. The van der Waals surface area contributed by atoms with Gasteiger partial charge in [0.15, 0.2) is 0 Å². The van der Waals surface area contributed by atoms with Gasteiger partial charge in [0, 0.05) is 6.04 Å². The summed E-state index contributed by atoms with van der Waals surface area (Å²) >= 11 is 0. The summed E-state index contributed by atoms with van der Waals surface area (Å²) in [6.45, 7) is 7.22. The van der Waals surface area contributed by atoms with E-state index in [1.807, 2.05) is 0 Å². The fraction of sp³-hybridized carbons (Fsp3) is 0.600. The van der Waals surface area contributed by atoms with Gasteiger partial charge in [0.2, 0.25) is 0 Å². The highest BCUT2D eigenvalue weighted by Crippen LogP contribution is 2.30. The first kappa shape index (κ1) is 11.7. The van der Waals surface area contributed by atoms with Crippen LogP contribution >= 0.6 is 0 Å². The van der Waals surface area contributed by atoms with Crippen molar-refractivity contribution in [3.63, 3.8) is 0 Å². The van der Waals surface area contributed by atoms with Crippen LogP contribution in [-0.2, 0) is 0 Å². The van der Waals surface area contributed by atoms with E-state index in [1.165, 1.54) is 37.9 Å². The summed E-state index contributed by atoms with van der Waals surface area (Å²) in [4.78, 5) is 2.66. The minimum Gasteiger partial charge on any atom is -0.296 e. The van der Waals surface area contributed by atoms with Crippen LogP contribution in [0.4, 0.5) is 0 Å². The molecule has 1 atom stereocenters. The second-order valence-electron chi connectivity index (χ2n) is 5.30. The lowest BCUT2D eigenvalue weighted by Crippen LogP contribution is -2.26. The Bertz CT molecular complexity index is 298. The lowest BCUT2D eigenvalue weighted by Gasteiger charge is -2.29. The first-order valence-corrected chi connectivity index (χ1v) is 6.56. The molecule has 1 nitrogen and oxygen atoms in total. The number of nitrogens with zero attached hydrogens (tertiary/aromatic N) is 1. The average Bonchev–Trinajstić information content (AvgIpc) is 2.80. The summed E-state index contributed by atoms with van der Waals surface area (Å²) < 4.78 is 0. The molecule has 1 aliphatic heterocycles. The summed E-state index contributed by atoms with van der Waals surface area (Å²) in [5.41, 5.74) is 1.50. The normalized spacial score (nSPS) is 19.2. The van der Waals surface area contributed by atoms with Crippen molar-refractivity contribution in [2.24, 2.45) is 5.92 Å². The summed E-state index contributed by atoms with van der Waals surface area (Å²) in [6.07, 6.45) is 4.03. The Labute approximate surface area is 99.5 Å². The van der Waals surface area contributed by atoms with Gasteiger partial charge in [-0.15, -0.1) is 0 Å². The van der Waals surface area contributed by atoms with Gasteiger partial charge < -0.3 is 0 Å². The SMILES string of the molecule is CC(C)C[C@@H](c1ccccc1)N1CCCC1. The molecular formula is C15H23N. The van der Waals surface area contributed by atoms with Crippen LogP contribution in [-0.4, -0.2) is 18.0 Å². The first-order chi connectivity index (χ1) is 7.77. The third-order valence-electron chi connectivity index (χ3n) is 3.46. The lowest BCUT2D eigenvalue weighted by molar-refractivity contribution is 0.215. The molecule has 1 heterocycles. The smallest absolute Gasteiger partial charge is 0.0350 e. The highest BCUT2D eigenvalue weighted by Gasteiger charge is 2.23. The van der Waals surface area contributed by atoms with Gasteiger partial charge in [-0.05, 0) is 43.8 Å². The molecule has 88 valence electrons. The third-order valence-corrected chi connectivity index (χ3v) is 3.46. The van der Waals surface area contributed by atoms with Crippen molar-refractivity contribution in [2.75, 3.05) is 13.1 Å². The third kappa shape index (κ3) is 2.85. The number of likely N-dealkylation sites (tertiary alicyclic amines) is 1. The Balaban J connectivity index is 2.13. The maximum absolute atomic E-state index is 2.66. The zero-order valence-corrected chi connectivity index (χ0v) is 10.5. The molecule has 0 aliphatic carbocycles. The van der Waals surface area contributed by atoms with Crippen LogP contribution in [0.25, 0.3) is 0 Å². The van der Waals surface area contributed by atoms with Gasteiger partial charge in [-0.1, -0.05) is 44.2 Å². The molecule has 1 aromatic carbocycles. The number of hydrogen-bond acceptors (Lipinski definition) is 1. The summed E-state index contributed by atoms with van der Waals surface area (Å²) in [5, 5.41) is 0. The molecule has 0 spiro atoms. The molecule has 1 aromatic rings. The zero-order chi connectivity index (χ0) is 11.4. The second-order valence-corrected chi connectivity index (χ2v) is 5.30. The predicted molar refractivity (Wildman–Crippen MR) is 69.4 cm³/mol. The molecule has 0 amide bonds. The van der Waals surface area contributed by atoms with Gasteiger partial charge >= 0.3 is 0 Å². The number of hydrogen-bond donors (Lipinski definition) is 0. The van der Waals surface area contributed by atoms with E-state index in [1.54, 1.807) is 0 Å². The van der Waals surface area contributed by atoms with E-state index in [9.17, 15) is 0 Å². The molecule has 0 unspecified atom stereocenters. The van der Waals surface area contributed by atoms with Crippen LogP contribution in [0.1, 0.15) is 44.7 Å². The standard InChI is InChI=1S/C15H23N/c1-13(2)12-15(16-10-6-7-11-16)14-8-4-3-5-9-14/h3-5,8-9,13,15H,6-7,10-12H2,1-2H3/t15-/m0/s1. The Morgan fingerprint density at radius 3 is 2.25 bits per heavy atom. The molecule has 0 saturated carbocycles. The molecule has 0 radical (unpaired) electrons. The minimum atomic E-state index is 0.642. The Hall–Kier alpha value is -0.820. The second kappa shape index (κ2) is 5.49. The quantitative estimate of drug-likeness (QED) is 0.740. The van der Waals surface area contributed by atoms with Gasteiger partial charge in [0.25, 0.3) is 0 Å². The van der Waals surface area contributed by atoms with Crippen LogP contribution in [0.5, 0.6) is 0 Å². The van der Waals surface area contributed by atoms with E-state index in [0.29, 0.717) is 6.04 Å². The van der Waals surface area contributed by atoms with Gasteiger partial charge in [0.05, 0.1) is 0 Å². The van der Waals surface area contributed by atoms with Crippen LogP contribution in [0.3, 0.4) is 0 Å². The van der Waals surface area contributed by atoms with Crippen LogP contribution in [0.15, 0.2) is 30.3 Å². The van der Waals surface area contributed by atoms with E-state index < -0.39 is 0 Å². The molecular weight excluding hydrogens is 194 g/mol. The van der Waals surface area contributed by atoms with Gasteiger partial charge in [-0.3, -0.25) is 4.90 Å². The van der Waals surface area contributed by atoms with Crippen molar-refractivity contribution in [2.45, 2.75) is 39.2 Å². The summed E-state index contributed by atoms with van der Waals surface area (Å²) in [5.74, 6) is 0.769. The Kier molecular flexibility index (Phi) is 4.00. The molecule has 0 aromatic heterocycles. The largest absolute Gasteiger partial charge is 0.296 e. The van der Waals surface area contributed by atoms with Crippen LogP contribution < -0.4 is 0 Å². The molecule has 1 fully saturated rings. The molecule has 0 N–H and O–H groups in total. The molecule has 2 rings (SSSR count). The van der Waals surface area contributed by atoms with Crippen molar-refractivity contribution >= 4 is 0 Å². The maximum atomic E-state index is 2.66. The van der Waals surface area contributed by atoms with Crippen molar-refractivity contribution in [3.8, 4) is 0 Å². The van der Waals surface area contributed by atoms with E-state index in [0.717, 1.165) is 5.92 Å². The van der Waals surface area contributed by atoms with Crippen LogP contribution in [0.2, 0.25) is 0 Å². The van der Waals surface area contributed by atoms with Crippen molar-refractivity contribution in [1.29, 1.82) is 0 Å². The fourth-order valence-corrected chi connectivity index (χ4v) is 2.67. The highest BCUT2D eigenvalue weighted by atomic mass is 15.2. The predicted octanol–water partition coefficient (Wildman–Crippen LogP) is 3.87. The maximum Gasteiger partial charge on any atom is 0.0350 e. The van der Waals surface area contributed by atoms with E-state index >= 15 is 0 Å². The summed E-state index contributed by atoms with van der Waals surface area (Å²) in [7, 11) is 0. The average molecular weight is 217 g/mol. The van der Waals surface area contributed by atoms with Gasteiger partial charge in [-0.2, -0.15) is 0 Å². The fourth-order valence-electron chi connectivity index (χ4n) is 2.67. The van der Waals surface area contributed by atoms with Crippen molar-refractivity contribution in [1.82, 2.24) is 4.90 Å². The van der Waals surface area contributed by atoms with Crippen molar-refractivity contribution < 1.29 is 0 Å².